The van der Waals surface area contributed by atoms with Crippen LogP contribution in [0.1, 0.15) is 45.9 Å². The Labute approximate surface area is 121 Å². The molecule has 2 atom stereocenters. The maximum atomic E-state index is 9.34. The normalized spacial score (nSPS) is 23.5. The molecule has 0 aromatic carbocycles. The maximum absolute atomic E-state index is 9.34. The van der Waals surface area contributed by atoms with Crippen LogP contribution in [0.4, 0.5) is 5.82 Å². The molecule has 4 nitrogen and oxygen atoms in total. The summed E-state index contributed by atoms with van der Waals surface area (Å²) >= 11 is 0. The van der Waals surface area contributed by atoms with Gasteiger partial charge in [0.05, 0.1) is 5.56 Å². The van der Waals surface area contributed by atoms with Crippen molar-refractivity contribution in [3.8, 4) is 6.07 Å². The largest absolute Gasteiger partial charge is 0.352 e. The predicted octanol–water partition coefficient (Wildman–Crippen LogP) is 2.44. The second-order valence-electron chi connectivity index (χ2n) is 6.80. The molecule has 1 aliphatic rings. The highest BCUT2D eigenvalue weighted by Gasteiger charge is 2.25. The summed E-state index contributed by atoms with van der Waals surface area (Å²) in [4.78, 5) is 7.02. The van der Waals surface area contributed by atoms with Gasteiger partial charge in [-0.15, -0.1) is 0 Å². The first-order valence-electron chi connectivity index (χ1n) is 7.24. The molecule has 20 heavy (non-hydrogen) atoms. The van der Waals surface area contributed by atoms with Gasteiger partial charge in [0.15, 0.2) is 0 Å². The van der Waals surface area contributed by atoms with Gasteiger partial charge in [0, 0.05) is 36.3 Å². The number of nitriles is 1. The molecule has 1 aromatic heterocycles. The van der Waals surface area contributed by atoms with Crippen molar-refractivity contribution in [2.24, 2.45) is 0 Å². The first kappa shape index (κ1) is 14.8. The summed E-state index contributed by atoms with van der Waals surface area (Å²) in [5.74, 6) is 0.833. The minimum absolute atomic E-state index is 0.00595. The molecule has 2 rings (SSSR count). The van der Waals surface area contributed by atoms with E-state index >= 15 is 0 Å². The highest BCUT2D eigenvalue weighted by Crippen LogP contribution is 2.26. The first-order valence-corrected chi connectivity index (χ1v) is 7.24. The Bertz CT molecular complexity index is 514. The van der Waals surface area contributed by atoms with E-state index in [9.17, 15) is 5.26 Å². The lowest BCUT2D eigenvalue weighted by Crippen LogP contribution is -2.54. The molecular formula is C16H24N4. The fraction of sp³-hybridized carbons (Fsp3) is 0.625. The number of pyridine rings is 1. The standard InChI is InChI=1S/C16H24N4/c1-11-9-20(10-12(2)18-11)15-13(8-17)6-7-14(19-15)16(3,4)5/h6-7,11-12,18H,9-10H2,1-5H3/t11-,12+. The van der Waals surface area contributed by atoms with Crippen molar-refractivity contribution < 1.29 is 0 Å². The van der Waals surface area contributed by atoms with E-state index in [0.29, 0.717) is 17.6 Å². The molecule has 0 amide bonds. The molecule has 0 bridgehead atoms. The van der Waals surface area contributed by atoms with Crippen molar-refractivity contribution in [3.63, 3.8) is 0 Å². The van der Waals surface area contributed by atoms with Crippen LogP contribution >= 0.6 is 0 Å². The zero-order valence-electron chi connectivity index (χ0n) is 13.1. The first-order chi connectivity index (χ1) is 9.31. The third-order valence-corrected chi connectivity index (χ3v) is 3.62. The van der Waals surface area contributed by atoms with Crippen LogP contribution in [-0.4, -0.2) is 30.2 Å². The molecule has 0 spiro atoms. The van der Waals surface area contributed by atoms with Gasteiger partial charge in [-0.1, -0.05) is 20.8 Å². The number of hydrogen-bond acceptors (Lipinski definition) is 4. The Kier molecular flexibility index (Phi) is 4.01. The van der Waals surface area contributed by atoms with Gasteiger partial charge < -0.3 is 10.2 Å². The highest BCUT2D eigenvalue weighted by atomic mass is 15.3. The Morgan fingerprint density at radius 2 is 1.85 bits per heavy atom. The van der Waals surface area contributed by atoms with Crippen LogP contribution < -0.4 is 10.2 Å². The number of piperazine rings is 1. The lowest BCUT2D eigenvalue weighted by Gasteiger charge is -2.37. The van der Waals surface area contributed by atoms with Crippen LogP contribution in [0, 0.1) is 11.3 Å². The van der Waals surface area contributed by atoms with E-state index in [-0.39, 0.29) is 5.41 Å². The Hall–Kier alpha value is -1.60. The zero-order chi connectivity index (χ0) is 14.9. The molecule has 1 aliphatic heterocycles. The third-order valence-electron chi connectivity index (χ3n) is 3.62. The van der Waals surface area contributed by atoms with E-state index in [4.69, 9.17) is 4.98 Å². The second kappa shape index (κ2) is 5.41. The summed E-state index contributed by atoms with van der Waals surface area (Å²) in [7, 11) is 0. The van der Waals surface area contributed by atoms with E-state index < -0.39 is 0 Å². The second-order valence-corrected chi connectivity index (χ2v) is 6.80. The summed E-state index contributed by atoms with van der Waals surface area (Å²) < 4.78 is 0. The number of nitrogens with zero attached hydrogens (tertiary/aromatic N) is 3. The number of nitrogens with one attached hydrogen (secondary N) is 1. The third kappa shape index (κ3) is 3.10. The highest BCUT2D eigenvalue weighted by molar-refractivity contribution is 5.55. The monoisotopic (exact) mass is 272 g/mol. The van der Waals surface area contributed by atoms with Gasteiger partial charge in [-0.2, -0.15) is 5.26 Å². The van der Waals surface area contributed by atoms with Gasteiger partial charge in [-0.3, -0.25) is 0 Å². The van der Waals surface area contributed by atoms with Crippen LogP contribution in [0.3, 0.4) is 0 Å². The Morgan fingerprint density at radius 1 is 1.25 bits per heavy atom. The molecular weight excluding hydrogens is 248 g/mol. The molecule has 0 radical (unpaired) electrons. The lowest BCUT2D eigenvalue weighted by molar-refractivity contribution is 0.404. The lowest BCUT2D eigenvalue weighted by atomic mass is 9.91. The van der Waals surface area contributed by atoms with Gasteiger partial charge in [0.25, 0.3) is 0 Å². The SMILES string of the molecule is C[C@@H]1CN(c2nc(C(C)(C)C)ccc2C#N)C[C@H](C)N1. The molecule has 0 aliphatic carbocycles. The van der Waals surface area contributed by atoms with Crippen LogP contribution in [0.2, 0.25) is 0 Å². The quantitative estimate of drug-likeness (QED) is 0.853. The van der Waals surface area contributed by atoms with E-state index in [1.807, 2.05) is 12.1 Å². The number of aromatic nitrogens is 1. The van der Waals surface area contributed by atoms with E-state index in [1.54, 1.807) is 0 Å². The van der Waals surface area contributed by atoms with Gasteiger partial charge in [0.2, 0.25) is 0 Å². The summed E-state index contributed by atoms with van der Waals surface area (Å²) in [5, 5.41) is 12.9. The fourth-order valence-corrected chi connectivity index (χ4v) is 2.69. The van der Waals surface area contributed by atoms with Crippen molar-refractivity contribution >= 4 is 5.82 Å². The van der Waals surface area contributed by atoms with Crippen LogP contribution in [0.25, 0.3) is 0 Å². The van der Waals surface area contributed by atoms with Crippen LogP contribution in [-0.2, 0) is 5.41 Å². The summed E-state index contributed by atoms with van der Waals surface area (Å²) in [6.07, 6.45) is 0. The zero-order valence-corrected chi connectivity index (χ0v) is 13.1. The van der Waals surface area contributed by atoms with Gasteiger partial charge in [-0.25, -0.2) is 4.98 Å². The van der Waals surface area contributed by atoms with Crippen molar-refractivity contribution in [3.05, 3.63) is 23.4 Å². The molecule has 1 fully saturated rings. The molecule has 4 heteroatoms. The Morgan fingerprint density at radius 3 is 2.35 bits per heavy atom. The molecule has 1 saturated heterocycles. The van der Waals surface area contributed by atoms with Gasteiger partial charge in [-0.05, 0) is 26.0 Å². The minimum atomic E-state index is -0.00595. The molecule has 2 heterocycles. The van der Waals surface area contributed by atoms with Crippen LogP contribution in [0.5, 0.6) is 0 Å². The van der Waals surface area contributed by atoms with Crippen LogP contribution in [0.15, 0.2) is 12.1 Å². The molecule has 0 unspecified atom stereocenters. The molecule has 0 saturated carbocycles. The number of anilines is 1. The average molecular weight is 272 g/mol. The number of hydrogen-bond donors (Lipinski definition) is 1. The smallest absolute Gasteiger partial charge is 0.146 e. The Balaban J connectivity index is 2.41. The van der Waals surface area contributed by atoms with Gasteiger partial charge in [0.1, 0.15) is 11.9 Å². The van der Waals surface area contributed by atoms with E-state index in [1.165, 1.54) is 0 Å². The van der Waals surface area contributed by atoms with E-state index in [0.717, 1.165) is 24.6 Å². The maximum Gasteiger partial charge on any atom is 0.146 e. The summed E-state index contributed by atoms with van der Waals surface area (Å²) in [6, 6.07) is 6.96. The number of rotatable bonds is 1. The minimum Gasteiger partial charge on any atom is -0.352 e. The molecule has 108 valence electrons. The fourth-order valence-electron chi connectivity index (χ4n) is 2.69. The van der Waals surface area contributed by atoms with Gasteiger partial charge >= 0.3 is 0 Å². The van der Waals surface area contributed by atoms with Crippen molar-refractivity contribution in [1.29, 1.82) is 5.26 Å². The summed E-state index contributed by atoms with van der Waals surface area (Å²) in [6.45, 7) is 12.6. The van der Waals surface area contributed by atoms with Crippen molar-refractivity contribution in [2.75, 3.05) is 18.0 Å². The van der Waals surface area contributed by atoms with E-state index in [2.05, 4.69) is 50.9 Å². The van der Waals surface area contributed by atoms with Crippen molar-refractivity contribution in [1.82, 2.24) is 10.3 Å². The average Bonchev–Trinajstić information content (AvgIpc) is 2.35. The molecule has 1 aromatic rings. The topological polar surface area (TPSA) is 52.0 Å². The summed E-state index contributed by atoms with van der Waals surface area (Å²) in [5.41, 5.74) is 1.69. The molecule has 1 N–H and O–H groups in total. The predicted molar refractivity (Wildman–Crippen MR) is 81.9 cm³/mol. The van der Waals surface area contributed by atoms with Crippen molar-refractivity contribution in [2.45, 2.75) is 52.1 Å².